The molecule has 2 aromatic rings. The molecule has 2 atom stereocenters. The molecule has 0 bridgehead atoms. The predicted molar refractivity (Wildman–Crippen MR) is 69.7 cm³/mol. The zero-order chi connectivity index (χ0) is 12.5. The van der Waals surface area contributed by atoms with Gasteiger partial charge in [0, 0.05) is 5.92 Å². The molecule has 0 heterocycles. The maximum absolute atomic E-state index is 11.3. The molecule has 0 saturated carbocycles. The standard InChI is InChI=1S/C16H14O2/c17-16(18)15-10-14(11-6-2-1-3-7-11)12-8-4-5-9-13(12)15/h1-9,14-15H,10H2,(H,17,18). The minimum atomic E-state index is -0.721. The molecule has 1 N–H and O–H groups in total. The van der Waals surface area contributed by atoms with Crippen molar-refractivity contribution in [3.8, 4) is 0 Å². The second kappa shape index (κ2) is 4.30. The third-order valence-corrected chi connectivity index (χ3v) is 3.72. The van der Waals surface area contributed by atoms with Crippen LogP contribution in [0.1, 0.15) is 34.9 Å². The summed E-state index contributed by atoms with van der Waals surface area (Å²) in [7, 11) is 0. The van der Waals surface area contributed by atoms with Gasteiger partial charge in [0.25, 0.3) is 0 Å². The first kappa shape index (κ1) is 11.0. The third-order valence-electron chi connectivity index (χ3n) is 3.72. The molecule has 2 nitrogen and oxygen atoms in total. The van der Waals surface area contributed by atoms with E-state index in [2.05, 4.69) is 18.2 Å². The topological polar surface area (TPSA) is 37.3 Å². The lowest BCUT2D eigenvalue weighted by Crippen LogP contribution is -2.08. The molecule has 0 saturated heterocycles. The number of fused-ring (bicyclic) bond motifs is 1. The molecule has 2 unspecified atom stereocenters. The van der Waals surface area contributed by atoms with Crippen LogP contribution in [0.4, 0.5) is 0 Å². The van der Waals surface area contributed by atoms with Crippen LogP contribution < -0.4 is 0 Å². The van der Waals surface area contributed by atoms with Crippen molar-refractivity contribution in [3.05, 3.63) is 71.3 Å². The van der Waals surface area contributed by atoms with E-state index in [4.69, 9.17) is 0 Å². The van der Waals surface area contributed by atoms with Crippen molar-refractivity contribution in [1.29, 1.82) is 0 Å². The van der Waals surface area contributed by atoms with Crippen molar-refractivity contribution >= 4 is 5.97 Å². The minimum absolute atomic E-state index is 0.212. The van der Waals surface area contributed by atoms with Gasteiger partial charge >= 0.3 is 5.97 Å². The molecule has 3 rings (SSSR count). The van der Waals surface area contributed by atoms with Gasteiger partial charge in [-0.2, -0.15) is 0 Å². The molecule has 0 amide bonds. The summed E-state index contributed by atoms with van der Waals surface area (Å²) in [5.41, 5.74) is 3.34. The van der Waals surface area contributed by atoms with Gasteiger partial charge in [-0.1, -0.05) is 54.6 Å². The molecule has 1 aliphatic carbocycles. The smallest absolute Gasteiger partial charge is 0.311 e. The molecule has 90 valence electrons. The Balaban J connectivity index is 2.08. The average Bonchev–Trinajstić information content (AvgIpc) is 2.79. The normalized spacial score (nSPS) is 21.6. The summed E-state index contributed by atoms with van der Waals surface area (Å²) in [6, 6.07) is 18.0. The zero-order valence-electron chi connectivity index (χ0n) is 9.91. The van der Waals surface area contributed by atoms with Crippen LogP contribution in [0, 0.1) is 0 Å². The van der Waals surface area contributed by atoms with Crippen molar-refractivity contribution < 1.29 is 9.90 Å². The van der Waals surface area contributed by atoms with Crippen molar-refractivity contribution in [2.45, 2.75) is 18.3 Å². The Labute approximate surface area is 106 Å². The van der Waals surface area contributed by atoms with Crippen LogP contribution in [-0.2, 0) is 4.79 Å². The van der Waals surface area contributed by atoms with Gasteiger partial charge in [-0.3, -0.25) is 4.79 Å². The van der Waals surface area contributed by atoms with Gasteiger partial charge in [0.15, 0.2) is 0 Å². The van der Waals surface area contributed by atoms with Gasteiger partial charge < -0.3 is 5.11 Å². The van der Waals surface area contributed by atoms with Crippen LogP contribution in [0.2, 0.25) is 0 Å². The van der Waals surface area contributed by atoms with Crippen LogP contribution in [0.5, 0.6) is 0 Å². The van der Waals surface area contributed by atoms with Crippen LogP contribution in [0.15, 0.2) is 54.6 Å². The summed E-state index contributed by atoms with van der Waals surface area (Å²) in [6.07, 6.45) is 0.665. The average molecular weight is 238 g/mol. The molecule has 1 aliphatic rings. The van der Waals surface area contributed by atoms with Crippen LogP contribution in [0.25, 0.3) is 0 Å². The van der Waals surface area contributed by atoms with Crippen LogP contribution >= 0.6 is 0 Å². The lowest BCUT2D eigenvalue weighted by molar-refractivity contribution is -0.138. The van der Waals surface area contributed by atoms with E-state index >= 15 is 0 Å². The molecule has 0 fully saturated rings. The summed E-state index contributed by atoms with van der Waals surface area (Å²) < 4.78 is 0. The third kappa shape index (κ3) is 1.70. The second-order valence-electron chi connectivity index (χ2n) is 4.72. The molecule has 0 radical (unpaired) electrons. The number of aliphatic carboxylic acids is 1. The maximum atomic E-state index is 11.3. The Morgan fingerprint density at radius 1 is 0.944 bits per heavy atom. The van der Waals surface area contributed by atoms with Gasteiger partial charge in [0.05, 0.1) is 5.92 Å². The lowest BCUT2D eigenvalue weighted by atomic mass is 9.93. The Hall–Kier alpha value is -2.09. The first-order valence-corrected chi connectivity index (χ1v) is 6.14. The van der Waals surface area contributed by atoms with Gasteiger partial charge in [-0.25, -0.2) is 0 Å². The first-order chi connectivity index (χ1) is 8.77. The summed E-state index contributed by atoms with van der Waals surface area (Å²) in [4.78, 5) is 11.3. The maximum Gasteiger partial charge on any atom is 0.311 e. The van der Waals surface area contributed by atoms with E-state index in [1.807, 2.05) is 36.4 Å². The number of carboxylic acid groups (broad SMARTS) is 1. The summed E-state index contributed by atoms with van der Waals surface area (Å²) in [6.45, 7) is 0. The van der Waals surface area contributed by atoms with E-state index < -0.39 is 5.97 Å². The van der Waals surface area contributed by atoms with E-state index in [-0.39, 0.29) is 11.8 Å². The number of carboxylic acids is 1. The van der Waals surface area contributed by atoms with Gasteiger partial charge in [-0.05, 0) is 23.1 Å². The quantitative estimate of drug-likeness (QED) is 0.870. The Morgan fingerprint density at radius 3 is 2.22 bits per heavy atom. The molecule has 18 heavy (non-hydrogen) atoms. The van der Waals surface area contributed by atoms with Crippen molar-refractivity contribution in [2.75, 3.05) is 0 Å². The first-order valence-electron chi connectivity index (χ1n) is 6.14. The zero-order valence-corrected chi connectivity index (χ0v) is 9.91. The SMILES string of the molecule is O=C(O)C1CC(c2ccccc2)c2ccccc21. The Kier molecular flexibility index (Phi) is 2.63. The highest BCUT2D eigenvalue weighted by atomic mass is 16.4. The number of hydrogen-bond donors (Lipinski definition) is 1. The fourth-order valence-electron chi connectivity index (χ4n) is 2.87. The molecular formula is C16H14O2. The van der Waals surface area contributed by atoms with Crippen LogP contribution in [0.3, 0.4) is 0 Å². The lowest BCUT2D eigenvalue weighted by Gasteiger charge is -2.11. The van der Waals surface area contributed by atoms with Crippen LogP contribution in [-0.4, -0.2) is 11.1 Å². The van der Waals surface area contributed by atoms with E-state index in [1.165, 1.54) is 5.56 Å². The Morgan fingerprint density at radius 2 is 1.56 bits per heavy atom. The predicted octanol–water partition coefficient (Wildman–Crippen LogP) is 3.39. The summed E-state index contributed by atoms with van der Waals surface area (Å²) in [5.74, 6) is -0.879. The molecular weight excluding hydrogens is 224 g/mol. The minimum Gasteiger partial charge on any atom is -0.481 e. The van der Waals surface area contributed by atoms with Crippen molar-refractivity contribution in [2.24, 2.45) is 0 Å². The fraction of sp³-hybridized carbons (Fsp3) is 0.188. The van der Waals surface area contributed by atoms with E-state index in [0.29, 0.717) is 6.42 Å². The number of hydrogen-bond acceptors (Lipinski definition) is 1. The largest absolute Gasteiger partial charge is 0.481 e. The highest BCUT2D eigenvalue weighted by Gasteiger charge is 2.35. The summed E-state index contributed by atoms with van der Waals surface area (Å²) in [5, 5.41) is 9.32. The molecule has 0 aliphatic heterocycles. The summed E-state index contributed by atoms with van der Waals surface area (Å²) >= 11 is 0. The number of carbonyl (C=O) groups is 1. The second-order valence-corrected chi connectivity index (χ2v) is 4.72. The Bertz CT molecular complexity index is 575. The monoisotopic (exact) mass is 238 g/mol. The van der Waals surface area contributed by atoms with Crippen molar-refractivity contribution in [3.63, 3.8) is 0 Å². The highest BCUT2D eigenvalue weighted by molar-refractivity contribution is 5.78. The molecule has 0 spiro atoms. The van der Waals surface area contributed by atoms with Crippen molar-refractivity contribution in [1.82, 2.24) is 0 Å². The molecule has 2 aromatic carbocycles. The van der Waals surface area contributed by atoms with Gasteiger partial charge in [0.1, 0.15) is 0 Å². The fourth-order valence-corrected chi connectivity index (χ4v) is 2.87. The van der Waals surface area contributed by atoms with Gasteiger partial charge in [-0.15, -0.1) is 0 Å². The molecule has 0 aromatic heterocycles. The number of rotatable bonds is 2. The van der Waals surface area contributed by atoms with E-state index in [9.17, 15) is 9.90 Å². The van der Waals surface area contributed by atoms with E-state index in [0.717, 1.165) is 11.1 Å². The number of benzene rings is 2. The molecule has 2 heteroatoms. The van der Waals surface area contributed by atoms with Gasteiger partial charge in [0.2, 0.25) is 0 Å². The highest BCUT2D eigenvalue weighted by Crippen LogP contribution is 2.45. The van der Waals surface area contributed by atoms with E-state index in [1.54, 1.807) is 0 Å².